The molecule has 0 unspecified atom stereocenters. The summed E-state index contributed by atoms with van der Waals surface area (Å²) in [7, 11) is -8.71. The number of aryl methyl sites for hydroxylation is 1. The zero-order valence-corrected chi connectivity index (χ0v) is 25.6. The van der Waals surface area contributed by atoms with Gasteiger partial charge in [0, 0.05) is 29.8 Å². The van der Waals surface area contributed by atoms with Crippen LogP contribution in [0.4, 0.5) is 5.69 Å². The zero-order chi connectivity index (χ0) is 30.1. The first kappa shape index (κ1) is 30.2. The van der Waals surface area contributed by atoms with Gasteiger partial charge in [0.2, 0.25) is 11.4 Å². The second-order valence-corrected chi connectivity index (χ2v) is 14.2. The van der Waals surface area contributed by atoms with E-state index in [2.05, 4.69) is 0 Å². The molecule has 0 radical (unpaired) electrons. The Kier molecular flexibility index (Phi) is 8.74. The highest BCUT2D eigenvalue weighted by atomic mass is 35.5. The fourth-order valence-corrected chi connectivity index (χ4v) is 6.77. The lowest BCUT2D eigenvalue weighted by Gasteiger charge is -2.20. The van der Waals surface area contributed by atoms with Crippen molar-refractivity contribution < 1.29 is 35.2 Å². The number of aromatic nitrogens is 1. The van der Waals surface area contributed by atoms with Crippen molar-refractivity contribution in [3.05, 3.63) is 94.3 Å². The molecule has 5 rings (SSSR count). The average Bonchev–Trinajstić information content (AvgIpc) is 3.45. The largest absolute Gasteiger partial charge is 0.748 e. The van der Waals surface area contributed by atoms with Crippen molar-refractivity contribution in [3.8, 4) is 16.9 Å². The van der Waals surface area contributed by atoms with E-state index in [-0.39, 0.29) is 13.1 Å². The van der Waals surface area contributed by atoms with Crippen LogP contribution in [0.3, 0.4) is 0 Å². The quantitative estimate of drug-likeness (QED) is 0.177. The molecule has 0 saturated heterocycles. The maximum absolute atomic E-state index is 11.6. The summed E-state index contributed by atoms with van der Waals surface area (Å²) in [5, 5.41) is 1.21. The monoisotopic (exact) mass is 646 g/mol. The summed E-state index contributed by atoms with van der Waals surface area (Å²) < 4.78 is 76.0. The van der Waals surface area contributed by atoms with Gasteiger partial charge in [-0.15, -0.1) is 0 Å². The third-order valence-corrected chi connectivity index (χ3v) is 9.42. The van der Waals surface area contributed by atoms with E-state index in [9.17, 15) is 25.9 Å². The number of nitrogens with zero attached hydrogens (tertiary/aromatic N) is 2. The lowest BCUT2D eigenvalue weighted by Crippen LogP contribution is -2.38. The Morgan fingerprint density at radius 2 is 1.81 bits per heavy atom. The maximum atomic E-state index is 11.6. The summed E-state index contributed by atoms with van der Waals surface area (Å²) in [6.45, 7) is 1.85. The smallest absolute Gasteiger partial charge is 0.271 e. The maximum Gasteiger partial charge on any atom is 0.271 e. The van der Waals surface area contributed by atoms with Gasteiger partial charge in [-0.3, -0.25) is 4.55 Å². The molecule has 0 saturated carbocycles. The molecule has 0 fully saturated rings. The van der Waals surface area contributed by atoms with E-state index in [0.717, 1.165) is 31.9 Å². The highest BCUT2D eigenvalue weighted by molar-refractivity contribution is 7.85. The predicted octanol–water partition coefficient (Wildman–Crippen LogP) is 5.48. The van der Waals surface area contributed by atoms with Gasteiger partial charge < -0.3 is 14.2 Å². The standard InChI is InChI=1S/C29H27ClN2O7S3/c1-2-20(17-29-32(13-15-42(36,37)38)25-19-23(30)9-11-27(25)40-29)16-28-31(12-14-41(33,34)35)24-18-22(8-10-26(24)39-28)21-6-4-3-5-7-21/h3-11,16-19H,2,12-15H2,1H3,(H-,33,34,35,36,37,38). The van der Waals surface area contributed by atoms with Crippen LogP contribution in [-0.4, -0.2) is 44.0 Å². The van der Waals surface area contributed by atoms with Crippen LogP contribution in [0.5, 0.6) is 5.75 Å². The third kappa shape index (κ3) is 7.20. The van der Waals surface area contributed by atoms with Crippen LogP contribution in [0, 0.1) is 0 Å². The number of anilines is 1. The van der Waals surface area contributed by atoms with Gasteiger partial charge in [0.05, 0.1) is 21.6 Å². The minimum absolute atomic E-state index is 0.0102. The van der Waals surface area contributed by atoms with Crippen molar-refractivity contribution in [2.24, 2.45) is 0 Å². The summed E-state index contributed by atoms with van der Waals surface area (Å²) in [6, 6.07) is 20.7. The third-order valence-electron chi connectivity index (χ3n) is 6.69. The average molecular weight is 647 g/mol. The minimum atomic E-state index is -4.50. The van der Waals surface area contributed by atoms with Crippen LogP contribution >= 0.6 is 22.9 Å². The van der Waals surface area contributed by atoms with E-state index in [1.165, 1.54) is 11.3 Å². The molecular weight excluding hydrogens is 620 g/mol. The Morgan fingerprint density at radius 3 is 2.50 bits per heavy atom. The first-order valence-corrected chi connectivity index (χ1v) is 17.4. The Bertz CT molecular complexity index is 1920. The summed E-state index contributed by atoms with van der Waals surface area (Å²) >= 11 is 7.65. The molecular formula is C29H27ClN2O7S3. The predicted molar refractivity (Wildman–Crippen MR) is 164 cm³/mol. The molecule has 0 spiro atoms. The number of allylic oxidation sites excluding steroid dienone is 2. The topological polar surface area (TPSA) is 128 Å². The molecule has 1 aromatic heterocycles. The number of halogens is 1. The van der Waals surface area contributed by atoms with Gasteiger partial charge in [-0.25, -0.2) is 8.42 Å². The van der Waals surface area contributed by atoms with Crippen molar-refractivity contribution in [1.82, 2.24) is 0 Å². The highest BCUT2D eigenvalue weighted by Gasteiger charge is 2.28. The number of benzene rings is 3. The molecule has 0 bridgehead atoms. The van der Waals surface area contributed by atoms with E-state index in [1.807, 2.05) is 67.6 Å². The summed E-state index contributed by atoms with van der Waals surface area (Å²) in [4.78, 5) is 1.68. The van der Waals surface area contributed by atoms with Crippen molar-refractivity contribution in [2.75, 3.05) is 23.0 Å². The van der Waals surface area contributed by atoms with Crippen LogP contribution in [0.15, 0.2) is 84.3 Å². The fourth-order valence-electron chi connectivity index (χ4n) is 4.63. The fraction of sp³-hybridized carbons (Fsp3) is 0.207. The van der Waals surface area contributed by atoms with Gasteiger partial charge in [0.25, 0.3) is 15.1 Å². The molecule has 42 heavy (non-hydrogen) atoms. The van der Waals surface area contributed by atoms with E-state index >= 15 is 0 Å². The molecule has 220 valence electrons. The lowest BCUT2D eigenvalue weighted by molar-refractivity contribution is -0.664. The van der Waals surface area contributed by atoms with Crippen LogP contribution in [0.1, 0.15) is 18.4 Å². The molecule has 1 aliphatic rings. The Balaban J connectivity index is 1.56. The Morgan fingerprint density at radius 1 is 1.05 bits per heavy atom. The zero-order valence-electron chi connectivity index (χ0n) is 22.4. The number of ether oxygens (including phenoxy) is 1. The first-order chi connectivity index (χ1) is 19.9. The lowest BCUT2D eigenvalue weighted by atomic mass is 10.0. The van der Waals surface area contributed by atoms with Gasteiger partial charge >= 0.3 is 0 Å². The highest BCUT2D eigenvalue weighted by Crippen LogP contribution is 2.42. The first-order valence-electron chi connectivity index (χ1n) is 13.0. The summed E-state index contributed by atoms with van der Waals surface area (Å²) in [5.74, 6) is -0.195. The van der Waals surface area contributed by atoms with E-state index in [0.29, 0.717) is 28.8 Å². The summed E-state index contributed by atoms with van der Waals surface area (Å²) in [5.41, 5.74) is 4.05. The van der Waals surface area contributed by atoms with Crippen LogP contribution in [0.25, 0.3) is 27.4 Å². The van der Waals surface area contributed by atoms with Crippen molar-refractivity contribution in [3.63, 3.8) is 0 Å². The number of rotatable bonds is 10. The molecule has 1 aliphatic heterocycles. The van der Waals surface area contributed by atoms with E-state index < -0.39 is 31.7 Å². The summed E-state index contributed by atoms with van der Waals surface area (Å²) in [6.07, 6.45) is 4.23. The molecule has 0 amide bonds. The second kappa shape index (κ2) is 12.2. The van der Waals surface area contributed by atoms with Gasteiger partial charge in [0.1, 0.15) is 10.5 Å². The van der Waals surface area contributed by atoms with E-state index in [1.54, 1.807) is 27.7 Å². The molecule has 0 aliphatic carbocycles. The number of fused-ring (bicyclic) bond motifs is 2. The van der Waals surface area contributed by atoms with Crippen molar-refractivity contribution in [1.29, 1.82) is 0 Å². The Hall–Kier alpha value is -3.26. The molecule has 2 heterocycles. The van der Waals surface area contributed by atoms with Crippen LogP contribution in [0.2, 0.25) is 5.02 Å². The van der Waals surface area contributed by atoms with E-state index in [4.69, 9.17) is 16.3 Å². The minimum Gasteiger partial charge on any atom is -0.748 e. The van der Waals surface area contributed by atoms with Gasteiger partial charge in [-0.05, 0) is 47.4 Å². The van der Waals surface area contributed by atoms with Crippen molar-refractivity contribution >= 4 is 65.2 Å². The van der Waals surface area contributed by atoms with Gasteiger partial charge in [0.15, 0.2) is 12.3 Å². The van der Waals surface area contributed by atoms with Crippen LogP contribution < -0.4 is 14.2 Å². The Labute approximate surface area is 253 Å². The molecule has 4 aromatic rings. The number of hydrogen-bond acceptors (Lipinski definition) is 8. The van der Waals surface area contributed by atoms with Crippen LogP contribution in [-0.2, 0) is 26.8 Å². The molecule has 13 heteroatoms. The van der Waals surface area contributed by atoms with Gasteiger partial charge in [-0.2, -0.15) is 13.0 Å². The number of thiazole rings is 1. The number of hydrogen-bond donors (Lipinski definition) is 1. The second-order valence-electron chi connectivity index (χ2n) is 9.61. The molecule has 1 N–H and O–H groups in total. The normalized spacial score (nSPS) is 14.9. The van der Waals surface area contributed by atoms with Gasteiger partial charge in [-0.1, -0.05) is 66.3 Å². The molecule has 0 atom stereocenters. The molecule has 3 aromatic carbocycles. The SMILES string of the molecule is CCC(=Cc1sc2ccc(Cl)cc2[n+]1CCS(=O)(=O)O)C=C1Oc2ccc(-c3ccccc3)cc2N1CCS(=O)(=O)[O-]. The molecule has 9 nitrogen and oxygen atoms in total. The van der Waals surface area contributed by atoms with Crippen molar-refractivity contribution in [2.45, 2.75) is 19.9 Å².